The Morgan fingerprint density at radius 2 is 1.06 bits per heavy atom. The first-order valence-corrected chi connectivity index (χ1v) is 11.4. The average Bonchev–Trinajstić information content (AvgIpc) is 2.77. The van der Waals surface area contributed by atoms with Gasteiger partial charge in [0.25, 0.3) is 0 Å². The van der Waals surface area contributed by atoms with Gasteiger partial charge in [-0.25, -0.2) is 9.59 Å². The van der Waals surface area contributed by atoms with Crippen molar-refractivity contribution >= 4 is 12.2 Å². The lowest BCUT2D eigenvalue weighted by molar-refractivity contribution is 0.163. The molecule has 0 fully saturated rings. The van der Waals surface area contributed by atoms with E-state index in [-0.39, 0.29) is 0 Å². The number of carbonyl (C=O) groups is 2. The smallest absolute Gasteiger partial charge is 0.410 e. The van der Waals surface area contributed by atoms with E-state index in [4.69, 9.17) is 18.9 Å². The third-order valence-electron chi connectivity index (χ3n) is 5.86. The standard InChI is InChI=1S/C27H38N2O6/c1-17-11-21(13-19(15-32-9)23(17)34-25(30)28(5)6)27(3,4)22-12-18(2)24(20(14-22)16-33-10)35-26(31)29(7)8/h11-14H,15-16H2,1-10H3. The monoisotopic (exact) mass is 486 g/mol. The first-order valence-electron chi connectivity index (χ1n) is 11.4. The number of methoxy groups -OCH3 is 2. The third-order valence-corrected chi connectivity index (χ3v) is 5.86. The average molecular weight is 487 g/mol. The van der Waals surface area contributed by atoms with Crippen molar-refractivity contribution in [2.24, 2.45) is 0 Å². The highest BCUT2D eigenvalue weighted by molar-refractivity contribution is 5.72. The van der Waals surface area contributed by atoms with Crippen LogP contribution in [-0.2, 0) is 28.1 Å². The molecular formula is C27H38N2O6. The molecule has 2 aromatic carbocycles. The van der Waals surface area contributed by atoms with Crippen LogP contribution in [0, 0.1) is 13.8 Å². The molecule has 0 N–H and O–H groups in total. The number of rotatable bonds is 8. The van der Waals surface area contributed by atoms with Crippen molar-refractivity contribution in [3.8, 4) is 11.5 Å². The molecule has 0 radical (unpaired) electrons. The second-order valence-corrected chi connectivity index (χ2v) is 9.58. The fourth-order valence-electron chi connectivity index (χ4n) is 3.76. The first-order chi connectivity index (χ1) is 16.3. The van der Waals surface area contributed by atoms with Gasteiger partial charge in [-0.05, 0) is 48.2 Å². The Morgan fingerprint density at radius 3 is 1.34 bits per heavy atom. The summed E-state index contributed by atoms with van der Waals surface area (Å²) in [6, 6.07) is 8.09. The molecule has 0 bridgehead atoms. The summed E-state index contributed by atoms with van der Waals surface area (Å²) in [6.45, 7) is 8.69. The molecule has 0 aliphatic carbocycles. The zero-order valence-electron chi connectivity index (χ0n) is 22.6. The summed E-state index contributed by atoms with van der Waals surface area (Å²) in [7, 11) is 9.79. The maximum atomic E-state index is 12.2. The van der Waals surface area contributed by atoms with Crippen LogP contribution >= 0.6 is 0 Å². The molecule has 0 spiro atoms. The fourth-order valence-corrected chi connectivity index (χ4v) is 3.76. The predicted octanol–water partition coefficient (Wildman–Crippen LogP) is 5.04. The third kappa shape index (κ3) is 6.52. The number of amides is 2. The minimum absolute atomic E-state index is 0.300. The van der Waals surface area contributed by atoms with E-state index in [2.05, 4.69) is 13.8 Å². The molecule has 0 aliphatic heterocycles. The van der Waals surface area contributed by atoms with E-state index in [0.29, 0.717) is 24.7 Å². The molecule has 35 heavy (non-hydrogen) atoms. The lowest BCUT2D eigenvalue weighted by Crippen LogP contribution is -2.27. The molecule has 2 rings (SSSR count). The zero-order chi connectivity index (χ0) is 26.5. The van der Waals surface area contributed by atoms with Crippen LogP contribution in [0.25, 0.3) is 0 Å². The molecule has 0 heterocycles. The number of carbonyl (C=O) groups excluding carboxylic acids is 2. The van der Waals surface area contributed by atoms with Crippen LogP contribution in [0.3, 0.4) is 0 Å². The summed E-state index contributed by atoms with van der Waals surface area (Å²) < 4.78 is 22.1. The van der Waals surface area contributed by atoms with Gasteiger partial charge in [-0.3, -0.25) is 0 Å². The van der Waals surface area contributed by atoms with Crippen LogP contribution in [0.1, 0.15) is 47.2 Å². The summed E-state index contributed by atoms with van der Waals surface area (Å²) in [4.78, 5) is 27.2. The van der Waals surface area contributed by atoms with Gasteiger partial charge in [0.2, 0.25) is 0 Å². The molecule has 8 heteroatoms. The number of aryl methyl sites for hydroxylation is 2. The second-order valence-electron chi connectivity index (χ2n) is 9.58. The van der Waals surface area contributed by atoms with Crippen LogP contribution in [0.2, 0.25) is 0 Å². The van der Waals surface area contributed by atoms with Crippen LogP contribution in [0.15, 0.2) is 24.3 Å². The Kier molecular flexibility index (Phi) is 9.29. The van der Waals surface area contributed by atoms with E-state index in [9.17, 15) is 9.59 Å². The molecule has 0 aromatic heterocycles. The first kappa shape index (κ1) is 28.1. The van der Waals surface area contributed by atoms with Gasteiger partial charge in [-0.15, -0.1) is 0 Å². The molecule has 0 atom stereocenters. The highest BCUT2D eigenvalue weighted by atomic mass is 16.6. The van der Waals surface area contributed by atoms with Crippen molar-refractivity contribution < 1.29 is 28.5 Å². The number of hydrogen-bond donors (Lipinski definition) is 0. The summed E-state index contributed by atoms with van der Waals surface area (Å²) in [5.74, 6) is 1.01. The Labute approximate surface area is 208 Å². The van der Waals surface area contributed by atoms with E-state index < -0.39 is 17.6 Å². The van der Waals surface area contributed by atoms with Crippen molar-refractivity contribution in [1.82, 2.24) is 9.80 Å². The van der Waals surface area contributed by atoms with Gasteiger partial charge >= 0.3 is 12.2 Å². The molecule has 0 saturated carbocycles. The summed E-state index contributed by atoms with van der Waals surface area (Å²) in [5.41, 5.74) is 4.90. The fraction of sp³-hybridized carbons (Fsp3) is 0.481. The van der Waals surface area contributed by atoms with Crippen molar-refractivity contribution in [2.75, 3.05) is 42.4 Å². The SMILES string of the molecule is COCc1cc(C(C)(C)c2cc(C)c(OC(=O)N(C)C)c(COC)c2)cc(C)c1OC(=O)N(C)C. The molecule has 2 amide bonds. The van der Waals surface area contributed by atoms with Crippen molar-refractivity contribution in [1.29, 1.82) is 0 Å². The molecule has 0 unspecified atom stereocenters. The zero-order valence-corrected chi connectivity index (χ0v) is 22.6. The highest BCUT2D eigenvalue weighted by Crippen LogP contribution is 2.39. The van der Waals surface area contributed by atoms with E-state index >= 15 is 0 Å². The van der Waals surface area contributed by atoms with Crippen molar-refractivity contribution in [3.63, 3.8) is 0 Å². The van der Waals surface area contributed by atoms with E-state index in [1.54, 1.807) is 42.4 Å². The van der Waals surface area contributed by atoms with Gasteiger partial charge in [0, 0.05) is 59.0 Å². The van der Waals surface area contributed by atoms with Gasteiger partial charge in [0.05, 0.1) is 13.2 Å². The maximum Gasteiger partial charge on any atom is 0.414 e. The van der Waals surface area contributed by atoms with E-state index in [1.807, 2.05) is 38.1 Å². The highest BCUT2D eigenvalue weighted by Gasteiger charge is 2.28. The van der Waals surface area contributed by atoms with Gasteiger partial charge in [-0.1, -0.05) is 26.0 Å². The molecule has 2 aromatic rings. The van der Waals surface area contributed by atoms with Crippen LogP contribution < -0.4 is 9.47 Å². The lowest BCUT2D eigenvalue weighted by Gasteiger charge is -2.30. The minimum atomic E-state index is -0.444. The van der Waals surface area contributed by atoms with Gasteiger partial charge in [0.1, 0.15) is 11.5 Å². The molecule has 8 nitrogen and oxygen atoms in total. The molecule has 0 aliphatic rings. The topological polar surface area (TPSA) is 77.5 Å². The van der Waals surface area contributed by atoms with E-state index in [0.717, 1.165) is 33.4 Å². The molecule has 192 valence electrons. The normalized spacial score (nSPS) is 11.3. The Morgan fingerprint density at radius 1 is 0.714 bits per heavy atom. The minimum Gasteiger partial charge on any atom is -0.410 e. The number of ether oxygens (including phenoxy) is 4. The summed E-state index contributed by atoms with van der Waals surface area (Å²) in [6.07, 6.45) is -0.889. The summed E-state index contributed by atoms with van der Waals surface area (Å²) >= 11 is 0. The predicted molar refractivity (Wildman–Crippen MR) is 135 cm³/mol. The van der Waals surface area contributed by atoms with Crippen LogP contribution in [0.5, 0.6) is 11.5 Å². The second kappa shape index (κ2) is 11.6. The maximum absolute atomic E-state index is 12.2. The van der Waals surface area contributed by atoms with Crippen molar-refractivity contribution in [2.45, 2.75) is 46.3 Å². The largest absolute Gasteiger partial charge is 0.414 e. The Balaban J connectivity index is 2.60. The van der Waals surface area contributed by atoms with E-state index in [1.165, 1.54) is 9.80 Å². The van der Waals surface area contributed by atoms with Crippen LogP contribution in [-0.4, -0.2) is 64.4 Å². The van der Waals surface area contributed by atoms with Gasteiger partial charge in [0.15, 0.2) is 0 Å². The Hall–Kier alpha value is -3.10. The number of hydrogen-bond acceptors (Lipinski definition) is 6. The van der Waals surface area contributed by atoms with Crippen molar-refractivity contribution in [3.05, 3.63) is 57.6 Å². The lowest BCUT2D eigenvalue weighted by atomic mass is 9.76. The van der Waals surface area contributed by atoms with Crippen LogP contribution in [0.4, 0.5) is 9.59 Å². The Bertz CT molecular complexity index is 992. The van der Waals surface area contributed by atoms with Gasteiger partial charge in [-0.2, -0.15) is 0 Å². The number of benzene rings is 2. The quantitative estimate of drug-likeness (QED) is 0.520. The molecule has 0 saturated heterocycles. The molecular weight excluding hydrogens is 448 g/mol. The summed E-state index contributed by atoms with van der Waals surface area (Å²) in [5, 5.41) is 0. The van der Waals surface area contributed by atoms with Gasteiger partial charge < -0.3 is 28.7 Å². The number of nitrogens with zero attached hydrogens (tertiary/aromatic N) is 2.